The van der Waals surface area contributed by atoms with Crippen molar-refractivity contribution in [2.24, 2.45) is 0 Å². The lowest BCUT2D eigenvalue weighted by Crippen LogP contribution is -2.29. The Bertz CT molecular complexity index is 443. The first-order valence-corrected chi connectivity index (χ1v) is 9.17. The van der Waals surface area contributed by atoms with Crippen LogP contribution >= 0.6 is 0 Å². The average molecular weight is 369 g/mol. The summed E-state index contributed by atoms with van der Waals surface area (Å²) in [5.41, 5.74) is 0.711. The largest absolute Gasteiger partial charge is 0.364 e. The first-order chi connectivity index (χ1) is 12.4. The number of hydrogen-bond donors (Lipinski definition) is 2. The van der Waals surface area contributed by atoms with Gasteiger partial charge in [0.15, 0.2) is 6.29 Å². The van der Waals surface area contributed by atoms with Crippen molar-refractivity contribution < 1.29 is 19.4 Å². The number of ether oxygens (including phenoxy) is 1. The summed E-state index contributed by atoms with van der Waals surface area (Å²) in [5.74, 6) is 0. The van der Waals surface area contributed by atoms with Crippen LogP contribution in [0.5, 0.6) is 0 Å². The zero-order chi connectivity index (χ0) is 20.4. The molecule has 26 heavy (non-hydrogen) atoms. The van der Waals surface area contributed by atoms with E-state index in [-0.39, 0.29) is 12.1 Å². The highest BCUT2D eigenvalue weighted by Crippen LogP contribution is 2.15. The number of aliphatic hydroxyl groups is 1. The number of aliphatic hydroxyl groups excluding tert-OH is 1. The van der Waals surface area contributed by atoms with Gasteiger partial charge in [-0.3, -0.25) is 4.79 Å². The minimum atomic E-state index is -0.948. The van der Waals surface area contributed by atoms with Crippen molar-refractivity contribution in [1.82, 2.24) is 10.2 Å². The third kappa shape index (κ3) is 14.6. The number of rotatable bonds is 10. The molecule has 3 atom stereocenters. The Kier molecular flexibility index (Phi) is 18.4. The molecule has 0 spiro atoms. The molecule has 6 heteroatoms. The van der Waals surface area contributed by atoms with Crippen molar-refractivity contribution in [2.45, 2.75) is 59.5 Å². The number of aldehydes is 1. The van der Waals surface area contributed by atoms with E-state index in [4.69, 9.17) is 4.74 Å². The summed E-state index contributed by atoms with van der Waals surface area (Å²) in [5, 5.41) is 12.8. The van der Waals surface area contributed by atoms with E-state index in [9.17, 15) is 14.7 Å². The van der Waals surface area contributed by atoms with Crippen LogP contribution in [0.1, 0.15) is 52.9 Å². The average Bonchev–Trinajstić information content (AvgIpc) is 2.68. The second kappa shape index (κ2) is 18.0. The van der Waals surface area contributed by atoms with Crippen LogP contribution < -0.4 is 5.32 Å². The maximum absolute atomic E-state index is 10.4. The van der Waals surface area contributed by atoms with Crippen molar-refractivity contribution >= 4 is 12.7 Å². The Morgan fingerprint density at radius 3 is 2.23 bits per heavy atom. The van der Waals surface area contributed by atoms with Gasteiger partial charge in [-0.1, -0.05) is 51.1 Å². The number of likely N-dealkylation sites (N-methyl/N-ethyl adjacent to an activating group) is 1. The van der Waals surface area contributed by atoms with E-state index in [2.05, 4.69) is 12.2 Å². The summed E-state index contributed by atoms with van der Waals surface area (Å²) in [7, 11) is 1.67. The molecule has 2 N–H and O–H groups in total. The van der Waals surface area contributed by atoms with Gasteiger partial charge < -0.3 is 24.9 Å². The summed E-state index contributed by atoms with van der Waals surface area (Å²) < 4.78 is 5.36. The molecule has 1 amide bonds. The molecule has 0 aliphatic heterocycles. The second-order valence-electron chi connectivity index (χ2n) is 5.63. The van der Waals surface area contributed by atoms with Crippen LogP contribution in [0, 0.1) is 0 Å². The second-order valence-corrected chi connectivity index (χ2v) is 5.63. The Balaban J connectivity index is 0. The number of amides is 1. The van der Waals surface area contributed by atoms with E-state index in [0.717, 1.165) is 25.7 Å². The smallest absolute Gasteiger partial charge is 0.209 e. The summed E-state index contributed by atoms with van der Waals surface area (Å²) in [4.78, 5) is 21.8. The maximum Gasteiger partial charge on any atom is 0.209 e. The van der Waals surface area contributed by atoms with Crippen molar-refractivity contribution in [3.05, 3.63) is 35.9 Å². The van der Waals surface area contributed by atoms with Crippen molar-refractivity contribution in [2.75, 3.05) is 20.1 Å². The fourth-order valence-electron chi connectivity index (χ4n) is 1.83. The zero-order valence-corrected chi connectivity index (χ0v) is 17.0. The van der Waals surface area contributed by atoms with Crippen LogP contribution in [0.2, 0.25) is 0 Å². The Morgan fingerprint density at radius 1 is 1.19 bits per heavy atom. The molecule has 0 heterocycles. The number of carbonyl (C=O) groups is 2. The molecule has 0 fully saturated rings. The SMILES string of the molecule is CC.CC(CN(C)C=O)OC(O)c1ccccc1.CCCNC(C)C=O. The molecule has 3 unspecified atom stereocenters. The monoisotopic (exact) mass is 368 g/mol. The lowest BCUT2D eigenvalue weighted by atomic mass is 10.2. The molecule has 0 aliphatic rings. The van der Waals surface area contributed by atoms with Crippen LogP contribution in [-0.4, -0.2) is 55.0 Å². The first-order valence-electron chi connectivity index (χ1n) is 9.17. The number of carbonyl (C=O) groups excluding carboxylic acids is 2. The number of hydrogen-bond acceptors (Lipinski definition) is 5. The fraction of sp³-hybridized carbons (Fsp3) is 0.600. The van der Waals surface area contributed by atoms with Gasteiger partial charge in [-0.15, -0.1) is 0 Å². The number of nitrogens with zero attached hydrogens (tertiary/aromatic N) is 1. The van der Waals surface area contributed by atoms with Crippen molar-refractivity contribution in [3.63, 3.8) is 0 Å². The number of nitrogens with one attached hydrogen (secondary N) is 1. The predicted octanol–water partition coefficient (Wildman–Crippen LogP) is 2.77. The molecule has 150 valence electrons. The van der Waals surface area contributed by atoms with Crippen LogP contribution in [0.3, 0.4) is 0 Å². The van der Waals surface area contributed by atoms with E-state index in [1.54, 1.807) is 19.2 Å². The third-order valence-corrected chi connectivity index (χ3v) is 3.09. The van der Waals surface area contributed by atoms with Crippen LogP contribution in [0.4, 0.5) is 0 Å². The Labute approximate surface area is 158 Å². The summed E-state index contributed by atoms with van der Waals surface area (Å²) >= 11 is 0. The Hall–Kier alpha value is -1.76. The molecule has 1 aromatic carbocycles. The fourth-order valence-corrected chi connectivity index (χ4v) is 1.83. The molecule has 0 radical (unpaired) electrons. The molecule has 0 aliphatic carbocycles. The van der Waals surface area contributed by atoms with Crippen molar-refractivity contribution in [3.8, 4) is 0 Å². The van der Waals surface area contributed by atoms with Gasteiger partial charge >= 0.3 is 0 Å². The minimum absolute atomic E-state index is 0.0231. The van der Waals surface area contributed by atoms with Crippen LogP contribution in [-0.2, 0) is 14.3 Å². The maximum atomic E-state index is 10.4. The van der Waals surface area contributed by atoms with E-state index in [1.807, 2.05) is 45.9 Å². The lowest BCUT2D eigenvalue weighted by Gasteiger charge is -2.21. The molecule has 0 aromatic heterocycles. The molecule has 0 saturated heterocycles. The highest BCUT2D eigenvalue weighted by atomic mass is 16.6. The summed E-state index contributed by atoms with van der Waals surface area (Å²) in [6.45, 7) is 11.1. The molecule has 0 saturated carbocycles. The summed E-state index contributed by atoms with van der Waals surface area (Å²) in [6, 6.07) is 9.16. The lowest BCUT2D eigenvalue weighted by molar-refractivity contribution is -0.143. The van der Waals surface area contributed by atoms with Gasteiger partial charge in [0.1, 0.15) is 6.29 Å². The van der Waals surface area contributed by atoms with Gasteiger partial charge in [-0.25, -0.2) is 0 Å². The zero-order valence-electron chi connectivity index (χ0n) is 17.0. The van der Waals surface area contributed by atoms with Gasteiger partial charge in [0.05, 0.1) is 12.1 Å². The van der Waals surface area contributed by atoms with Gasteiger partial charge in [0, 0.05) is 19.2 Å². The molecule has 0 bridgehead atoms. The van der Waals surface area contributed by atoms with E-state index >= 15 is 0 Å². The normalized spacial score (nSPS) is 13.0. The highest BCUT2D eigenvalue weighted by Gasteiger charge is 2.13. The molecular formula is C20H36N2O4. The highest BCUT2D eigenvalue weighted by molar-refractivity contribution is 5.56. The summed E-state index contributed by atoms with van der Waals surface area (Å²) in [6.07, 6.45) is 1.56. The van der Waals surface area contributed by atoms with Gasteiger partial charge in [0.2, 0.25) is 6.41 Å². The third-order valence-electron chi connectivity index (χ3n) is 3.09. The quantitative estimate of drug-likeness (QED) is 0.490. The van der Waals surface area contributed by atoms with Gasteiger partial charge in [0.25, 0.3) is 0 Å². The number of benzene rings is 1. The predicted molar refractivity (Wildman–Crippen MR) is 106 cm³/mol. The van der Waals surface area contributed by atoms with Gasteiger partial charge in [-0.2, -0.15) is 0 Å². The topological polar surface area (TPSA) is 78.9 Å². The van der Waals surface area contributed by atoms with Crippen LogP contribution in [0.25, 0.3) is 0 Å². The molecule has 1 aromatic rings. The van der Waals surface area contributed by atoms with Crippen LogP contribution in [0.15, 0.2) is 30.3 Å². The van der Waals surface area contributed by atoms with E-state index < -0.39 is 6.29 Å². The van der Waals surface area contributed by atoms with E-state index in [1.165, 1.54) is 4.90 Å². The molecule has 1 rings (SSSR count). The molecule has 6 nitrogen and oxygen atoms in total. The Morgan fingerprint density at radius 2 is 1.77 bits per heavy atom. The standard InChI is InChI=1S/C12H17NO3.C6H13NO.C2H6/c1-10(8-13(2)9-14)16-12(15)11-6-4-3-5-7-11;1-3-4-7-6(2)5-8;1-2/h3-7,9-10,12,15H,8H2,1-2H3;5-7H,3-4H2,1-2H3;1-2H3. The van der Waals surface area contributed by atoms with Gasteiger partial charge in [-0.05, 0) is 26.8 Å². The molecular weight excluding hydrogens is 332 g/mol. The first kappa shape index (κ1) is 26.5. The minimum Gasteiger partial charge on any atom is -0.364 e. The van der Waals surface area contributed by atoms with Crippen molar-refractivity contribution in [1.29, 1.82) is 0 Å². The van der Waals surface area contributed by atoms with E-state index in [0.29, 0.717) is 12.1 Å².